The lowest BCUT2D eigenvalue weighted by Gasteiger charge is -2.01. The van der Waals surface area contributed by atoms with E-state index in [0.717, 1.165) is 13.1 Å². The number of oxazole rings is 1. The van der Waals surface area contributed by atoms with Crippen molar-refractivity contribution in [2.24, 2.45) is 0 Å². The average molecular weight is 278 g/mol. The van der Waals surface area contributed by atoms with E-state index in [4.69, 9.17) is 9.15 Å². The number of halogens is 1. The Morgan fingerprint density at radius 2 is 2.20 bits per heavy atom. The van der Waals surface area contributed by atoms with Crippen LogP contribution in [-0.2, 0) is 11.2 Å². The number of rotatable bonds is 7. The Labute approximate surface area is 118 Å². The predicted molar refractivity (Wildman–Crippen MR) is 75.1 cm³/mol. The van der Waals surface area contributed by atoms with Crippen molar-refractivity contribution in [1.82, 2.24) is 10.3 Å². The van der Waals surface area contributed by atoms with Crippen molar-refractivity contribution in [3.8, 4) is 11.3 Å². The van der Waals surface area contributed by atoms with Crippen molar-refractivity contribution < 1.29 is 13.5 Å². The van der Waals surface area contributed by atoms with Crippen LogP contribution in [0.5, 0.6) is 0 Å². The van der Waals surface area contributed by atoms with Gasteiger partial charge in [-0.1, -0.05) is 12.1 Å². The molecule has 0 saturated carbocycles. The van der Waals surface area contributed by atoms with E-state index >= 15 is 0 Å². The van der Waals surface area contributed by atoms with Crippen molar-refractivity contribution in [2.75, 3.05) is 26.8 Å². The predicted octanol–water partition coefficient (Wildman–Crippen LogP) is 2.57. The lowest BCUT2D eigenvalue weighted by molar-refractivity contribution is 0.199. The van der Waals surface area contributed by atoms with Gasteiger partial charge in [-0.05, 0) is 18.6 Å². The highest BCUT2D eigenvalue weighted by molar-refractivity contribution is 5.56. The van der Waals surface area contributed by atoms with Gasteiger partial charge >= 0.3 is 0 Å². The number of nitrogens with zero attached hydrogens (tertiary/aromatic N) is 1. The van der Waals surface area contributed by atoms with Crippen LogP contribution in [0.3, 0.4) is 0 Å². The molecule has 0 aliphatic heterocycles. The summed E-state index contributed by atoms with van der Waals surface area (Å²) in [5.41, 5.74) is 1.33. The second kappa shape index (κ2) is 7.17. The quantitative estimate of drug-likeness (QED) is 0.791. The van der Waals surface area contributed by atoms with Crippen molar-refractivity contribution in [3.63, 3.8) is 0 Å². The van der Waals surface area contributed by atoms with Crippen molar-refractivity contribution in [3.05, 3.63) is 41.7 Å². The Kier molecular flexibility index (Phi) is 5.26. The van der Waals surface area contributed by atoms with Crippen LogP contribution < -0.4 is 5.32 Å². The molecule has 0 spiro atoms. The Morgan fingerprint density at radius 1 is 1.35 bits per heavy atom. The van der Waals surface area contributed by atoms with Crippen molar-refractivity contribution >= 4 is 0 Å². The number of methoxy groups -OCH3 is 1. The molecule has 0 aliphatic rings. The van der Waals surface area contributed by atoms with Crippen LogP contribution in [0.1, 0.15) is 11.5 Å². The minimum atomic E-state index is -0.235. The molecule has 4 nitrogen and oxygen atoms in total. The van der Waals surface area contributed by atoms with E-state index in [1.807, 2.05) is 6.07 Å². The second-order valence-electron chi connectivity index (χ2n) is 4.58. The Morgan fingerprint density at radius 3 is 2.95 bits per heavy atom. The van der Waals surface area contributed by atoms with E-state index in [9.17, 15) is 4.39 Å². The minimum Gasteiger partial charge on any atom is -0.441 e. The van der Waals surface area contributed by atoms with Gasteiger partial charge < -0.3 is 14.5 Å². The van der Waals surface area contributed by atoms with Gasteiger partial charge in [-0.15, -0.1) is 0 Å². The van der Waals surface area contributed by atoms with Gasteiger partial charge in [-0.25, -0.2) is 9.37 Å². The van der Waals surface area contributed by atoms with E-state index < -0.39 is 0 Å². The summed E-state index contributed by atoms with van der Waals surface area (Å²) in [4.78, 5) is 4.20. The lowest BCUT2D eigenvalue weighted by Crippen LogP contribution is -2.21. The molecule has 108 valence electrons. The van der Waals surface area contributed by atoms with Crippen LogP contribution in [0.25, 0.3) is 11.3 Å². The summed E-state index contributed by atoms with van der Waals surface area (Å²) in [7, 11) is 1.67. The summed E-state index contributed by atoms with van der Waals surface area (Å²) in [6.07, 6.45) is 2.33. The molecule has 2 rings (SSSR count). The summed E-state index contributed by atoms with van der Waals surface area (Å²) in [6.45, 7) is 3.98. The van der Waals surface area contributed by atoms with Crippen LogP contribution in [0.4, 0.5) is 4.39 Å². The molecule has 20 heavy (non-hydrogen) atoms. The fraction of sp³-hybridized carbons (Fsp3) is 0.400. The molecule has 1 aromatic carbocycles. The highest BCUT2D eigenvalue weighted by Crippen LogP contribution is 2.22. The summed E-state index contributed by atoms with van der Waals surface area (Å²) in [5.74, 6) is 1.00. The molecular formula is C15H19FN2O2. The van der Waals surface area contributed by atoms with Crippen LogP contribution in [0.2, 0.25) is 0 Å². The largest absolute Gasteiger partial charge is 0.441 e. The molecule has 1 aromatic heterocycles. The Bertz CT molecular complexity index is 555. The molecule has 0 unspecified atom stereocenters. The zero-order chi connectivity index (χ0) is 14.4. The molecule has 0 bridgehead atoms. The fourth-order valence-corrected chi connectivity index (χ4v) is 1.80. The maximum absolute atomic E-state index is 13.5. The van der Waals surface area contributed by atoms with Gasteiger partial charge in [0.1, 0.15) is 5.82 Å². The number of benzene rings is 1. The molecule has 0 radical (unpaired) electrons. The molecule has 0 fully saturated rings. The Hall–Kier alpha value is -1.72. The summed E-state index contributed by atoms with van der Waals surface area (Å²) in [5, 5.41) is 3.22. The van der Waals surface area contributed by atoms with E-state index in [1.165, 1.54) is 6.07 Å². The maximum atomic E-state index is 13.5. The van der Waals surface area contributed by atoms with Gasteiger partial charge in [-0.3, -0.25) is 0 Å². The number of nitrogens with one attached hydrogen (secondary N) is 1. The molecule has 0 amide bonds. The van der Waals surface area contributed by atoms with E-state index in [-0.39, 0.29) is 5.82 Å². The number of hydrogen-bond donors (Lipinski definition) is 1. The molecular weight excluding hydrogens is 259 g/mol. The van der Waals surface area contributed by atoms with Gasteiger partial charge in [0, 0.05) is 32.2 Å². The molecule has 2 aromatic rings. The monoisotopic (exact) mass is 278 g/mol. The zero-order valence-corrected chi connectivity index (χ0v) is 11.8. The number of aromatic nitrogens is 1. The first kappa shape index (κ1) is 14.7. The van der Waals surface area contributed by atoms with Gasteiger partial charge in [0.25, 0.3) is 0 Å². The van der Waals surface area contributed by atoms with Crippen molar-refractivity contribution in [1.29, 1.82) is 0 Å². The summed E-state index contributed by atoms with van der Waals surface area (Å²) >= 11 is 0. The molecule has 0 saturated heterocycles. The van der Waals surface area contributed by atoms with Crippen LogP contribution >= 0.6 is 0 Å². The molecule has 1 N–H and O–H groups in total. The first-order valence-electron chi connectivity index (χ1n) is 6.61. The fourth-order valence-electron chi connectivity index (χ4n) is 1.80. The van der Waals surface area contributed by atoms with Crippen LogP contribution in [-0.4, -0.2) is 31.8 Å². The van der Waals surface area contributed by atoms with Gasteiger partial charge in [0.15, 0.2) is 11.7 Å². The second-order valence-corrected chi connectivity index (χ2v) is 4.58. The lowest BCUT2D eigenvalue weighted by atomic mass is 10.1. The first-order valence-corrected chi connectivity index (χ1v) is 6.61. The number of ether oxygens (including phenoxy) is 1. The van der Waals surface area contributed by atoms with Crippen LogP contribution in [0.15, 0.2) is 28.8 Å². The van der Waals surface area contributed by atoms with Gasteiger partial charge in [-0.2, -0.15) is 0 Å². The Balaban J connectivity index is 1.93. The van der Waals surface area contributed by atoms with E-state index in [0.29, 0.717) is 35.8 Å². The number of aryl methyl sites for hydroxylation is 1. The average Bonchev–Trinajstić information content (AvgIpc) is 2.90. The highest BCUT2D eigenvalue weighted by atomic mass is 19.1. The molecule has 1 heterocycles. The molecule has 0 aliphatic carbocycles. The third kappa shape index (κ3) is 3.88. The van der Waals surface area contributed by atoms with E-state index in [2.05, 4.69) is 10.3 Å². The smallest absolute Gasteiger partial charge is 0.196 e. The third-order valence-corrected chi connectivity index (χ3v) is 3.01. The summed E-state index contributed by atoms with van der Waals surface area (Å²) in [6, 6.07) is 5.04. The highest BCUT2D eigenvalue weighted by Gasteiger charge is 2.08. The molecule has 5 heteroatoms. The van der Waals surface area contributed by atoms with Crippen LogP contribution in [0, 0.1) is 12.7 Å². The zero-order valence-electron chi connectivity index (χ0n) is 11.8. The maximum Gasteiger partial charge on any atom is 0.196 e. The van der Waals surface area contributed by atoms with Gasteiger partial charge in [0.2, 0.25) is 0 Å². The topological polar surface area (TPSA) is 47.3 Å². The minimum absolute atomic E-state index is 0.235. The normalized spacial score (nSPS) is 10.9. The molecule has 0 atom stereocenters. The SMILES string of the molecule is COCCNCCc1ncc(-c2ccc(C)c(F)c2)o1. The van der Waals surface area contributed by atoms with E-state index in [1.54, 1.807) is 26.3 Å². The number of hydrogen-bond acceptors (Lipinski definition) is 4. The van der Waals surface area contributed by atoms with Gasteiger partial charge in [0.05, 0.1) is 12.8 Å². The standard InChI is InChI=1S/C15H19FN2O2/c1-11-3-4-12(9-13(11)16)14-10-18-15(20-14)5-6-17-7-8-19-2/h3-4,9-10,17H,5-8H2,1-2H3. The third-order valence-electron chi connectivity index (χ3n) is 3.01. The first-order chi connectivity index (χ1) is 9.70. The summed E-state index contributed by atoms with van der Waals surface area (Å²) < 4.78 is 24.1. The van der Waals surface area contributed by atoms with Crippen molar-refractivity contribution in [2.45, 2.75) is 13.3 Å².